The van der Waals surface area contributed by atoms with Crippen molar-refractivity contribution in [2.75, 3.05) is 81.1 Å². The van der Waals surface area contributed by atoms with Gasteiger partial charge in [0.1, 0.15) is 6.04 Å². The highest BCUT2D eigenvalue weighted by atomic mass is 16.2. The number of carbonyl (C=O) groups is 6. The molecule has 3 aromatic rings. The summed E-state index contributed by atoms with van der Waals surface area (Å²) in [6, 6.07) is 12.7. The predicted molar refractivity (Wildman–Crippen MR) is 220 cm³/mol. The average molecular weight is 819 g/mol. The number of primary amides is 1. The van der Waals surface area contributed by atoms with E-state index in [1.54, 1.807) is 17.0 Å². The number of nitrogens with one attached hydrogen (secondary N) is 2. The first-order valence-corrected chi connectivity index (χ1v) is 21.0. The van der Waals surface area contributed by atoms with Crippen molar-refractivity contribution in [2.45, 2.75) is 62.9 Å². The van der Waals surface area contributed by atoms with Crippen molar-refractivity contribution in [2.24, 2.45) is 11.7 Å². The van der Waals surface area contributed by atoms with Crippen molar-refractivity contribution >= 4 is 58.7 Å². The van der Waals surface area contributed by atoms with E-state index >= 15 is 0 Å². The van der Waals surface area contributed by atoms with Gasteiger partial charge in [0.2, 0.25) is 17.8 Å². The Morgan fingerprint density at radius 1 is 0.833 bits per heavy atom. The van der Waals surface area contributed by atoms with Gasteiger partial charge in [-0.25, -0.2) is 4.79 Å². The Labute approximate surface area is 347 Å². The van der Waals surface area contributed by atoms with Gasteiger partial charge in [0, 0.05) is 70.7 Å². The molecule has 0 spiro atoms. The molecular weight excluding hydrogens is 769 g/mol. The van der Waals surface area contributed by atoms with Gasteiger partial charge in [-0.1, -0.05) is 12.1 Å². The number of piperidine rings is 3. The summed E-state index contributed by atoms with van der Waals surface area (Å²) in [4.78, 5) is 91.8. The zero-order chi connectivity index (χ0) is 41.7. The molecule has 4 N–H and O–H groups in total. The highest BCUT2D eigenvalue weighted by Crippen LogP contribution is 2.35. The maximum atomic E-state index is 13.4. The fourth-order valence-electron chi connectivity index (χ4n) is 9.76. The molecule has 3 unspecified atom stereocenters. The average Bonchev–Trinajstić information content (AvgIpc) is 3.93. The summed E-state index contributed by atoms with van der Waals surface area (Å²) in [5.41, 5.74) is 9.13. The summed E-state index contributed by atoms with van der Waals surface area (Å²) in [5.74, 6) is -1.19. The van der Waals surface area contributed by atoms with E-state index in [1.807, 2.05) is 35.0 Å². The lowest BCUT2D eigenvalue weighted by molar-refractivity contribution is -0.136. The van der Waals surface area contributed by atoms with Gasteiger partial charge in [-0.2, -0.15) is 4.98 Å². The monoisotopic (exact) mass is 818 g/mol. The van der Waals surface area contributed by atoms with E-state index in [2.05, 4.69) is 42.8 Å². The van der Waals surface area contributed by atoms with Crippen LogP contribution in [0.25, 0.3) is 0 Å². The summed E-state index contributed by atoms with van der Waals surface area (Å²) in [6.07, 6.45) is 5.10. The molecule has 18 nitrogen and oxygen atoms in total. The lowest BCUT2D eigenvalue weighted by Gasteiger charge is -2.37. The van der Waals surface area contributed by atoms with Crippen molar-refractivity contribution in [1.82, 2.24) is 40.1 Å². The third-order valence-electron chi connectivity index (χ3n) is 13.1. The van der Waals surface area contributed by atoms with Crippen LogP contribution >= 0.6 is 0 Å². The smallest absolute Gasteiger partial charge is 0.320 e. The van der Waals surface area contributed by atoms with E-state index in [-0.39, 0.29) is 36.4 Å². The molecule has 18 heteroatoms. The Morgan fingerprint density at radius 3 is 2.35 bits per heavy atom. The first-order chi connectivity index (χ1) is 29.0. The van der Waals surface area contributed by atoms with Crippen molar-refractivity contribution in [1.29, 1.82) is 0 Å². The zero-order valence-electron chi connectivity index (χ0n) is 33.7. The number of rotatable bonds is 10. The van der Waals surface area contributed by atoms with Gasteiger partial charge in [0.15, 0.2) is 11.5 Å². The summed E-state index contributed by atoms with van der Waals surface area (Å²) in [6.45, 7) is 7.38. The fraction of sp³-hybridized carbons (Fsp3) is 0.500. The molecule has 7 amide bonds. The van der Waals surface area contributed by atoms with Crippen LogP contribution in [0, 0.1) is 5.92 Å². The number of hydrogen-bond donors (Lipinski definition) is 3. The molecule has 60 heavy (non-hydrogen) atoms. The lowest BCUT2D eigenvalue weighted by atomic mass is 9.89. The van der Waals surface area contributed by atoms with Crippen molar-refractivity contribution in [3.05, 3.63) is 64.8 Å². The Hall–Kier alpha value is -6.17. The Morgan fingerprint density at radius 2 is 1.62 bits per heavy atom. The first kappa shape index (κ1) is 39.3. The topological polar surface area (TPSA) is 211 Å². The number of carbonyl (C=O) groups excluding carboxylic acids is 6. The lowest BCUT2D eigenvalue weighted by Crippen LogP contribution is -2.54. The molecule has 5 fully saturated rings. The second kappa shape index (κ2) is 16.1. The van der Waals surface area contributed by atoms with E-state index in [0.29, 0.717) is 48.5 Å². The molecule has 0 bridgehead atoms. The standard InChI is InChI=1S/C42H50N12O6/c1-49-19-20-53(42(49)60)30-3-2-15-52(24-30)41-46-37(35(36(43)56)47-48-41)44-28-6-4-26(5-7-28)27-13-16-50(17-14-27)22-25-12-18-51(23-25)29-8-9-31-32(21-29)40(59)54(39(31)58)33-10-11-34(55)45-38(33)57/h4-9,21,25,27,30,33H,2-3,10-20,22-24H2,1H3,(H2,43,56)(H,44,46,48)(H,45,55,57). The van der Waals surface area contributed by atoms with E-state index in [9.17, 15) is 28.8 Å². The third kappa shape index (κ3) is 7.59. The molecule has 1 aromatic heterocycles. The van der Waals surface area contributed by atoms with Gasteiger partial charge in [0.25, 0.3) is 17.7 Å². The molecule has 6 aliphatic rings. The first-order valence-electron chi connectivity index (χ1n) is 21.0. The van der Waals surface area contributed by atoms with E-state index in [0.717, 1.165) is 87.6 Å². The minimum atomic E-state index is -0.979. The Kier molecular flexibility index (Phi) is 10.6. The normalized spacial score (nSPS) is 24.1. The van der Waals surface area contributed by atoms with Crippen LogP contribution in [0.5, 0.6) is 0 Å². The van der Waals surface area contributed by atoms with Crippen LogP contribution in [0.15, 0.2) is 42.5 Å². The Bertz CT molecular complexity index is 2230. The van der Waals surface area contributed by atoms with Crippen LogP contribution in [0.3, 0.4) is 0 Å². The molecule has 9 rings (SSSR count). The molecule has 0 aliphatic carbocycles. The van der Waals surface area contributed by atoms with Crippen molar-refractivity contribution in [3.8, 4) is 0 Å². The predicted octanol–water partition coefficient (Wildman–Crippen LogP) is 2.16. The molecule has 314 valence electrons. The molecule has 3 atom stereocenters. The number of urea groups is 1. The molecule has 5 saturated heterocycles. The molecular formula is C42H50N12O6. The minimum Gasteiger partial charge on any atom is -0.371 e. The summed E-state index contributed by atoms with van der Waals surface area (Å²) in [7, 11) is 1.82. The van der Waals surface area contributed by atoms with E-state index in [1.165, 1.54) is 5.56 Å². The zero-order valence-corrected chi connectivity index (χ0v) is 33.7. The fourth-order valence-corrected chi connectivity index (χ4v) is 9.76. The van der Waals surface area contributed by atoms with Gasteiger partial charge < -0.3 is 35.6 Å². The van der Waals surface area contributed by atoms with Crippen LogP contribution < -0.4 is 26.2 Å². The largest absolute Gasteiger partial charge is 0.371 e. The maximum absolute atomic E-state index is 13.4. The van der Waals surface area contributed by atoms with Gasteiger partial charge in [0.05, 0.1) is 17.2 Å². The number of imide groups is 2. The Balaban J connectivity index is 0.771. The number of likely N-dealkylation sites (tertiary alicyclic amines) is 1. The summed E-state index contributed by atoms with van der Waals surface area (Å²) in [5, 5.41) is 13.9. The van der Waals surface area contributed by atoms with E-state index in [4.69, 9.17) is 10.7 Å². The number of nitrogens with zero attached hydrogens (tertiary/aromatic N) is 9. The number of amides is 7. The summed E-state index contributed by atoms with van der Waals surface area (Å²) < 4.78 is 0. The number of fused-ring (bicyclic) bond motifs is 1. The highest BCUT2D eigenvalue weighted by molar-refractivity contribution is 6.23. The molecule has 0 radical (unpaired) electrons. The number of hydrogen-bond acceptors (Lipinski definition) is 13. The number of aromatic nitrogens is 3. The summed E-state index contributed by atoms with van der Waals surface area (Å²) >= 11 is 0. The maximum Gasteiger partial charge on any atom is 0.320 e. The van der Waals surface area contributed by atoms with Crippen LogP contribution in [0.1, 0.15) is 87.6 Å². The molecule has 0 saturated carbocycles. The van der Waals surface area contributed by atoms with Crippen LogP contribution in [-0.4, -0.2) is 148 Å². The van der Waals surface area contributed by atoms with Crippen molar-refractivity contribution < 1.29 is 28.8 Å². The van der Waals surface area contributed by atoms with Gasteiger partial charge in [-0.3, -0.25) is 34.2 Å². The van der Waals surface area contributed by atoms with Gasteiger partial charge >= 0.3 is 6.03 Å². The quantitative estimate of drug-likeness (QED) is 0.251. The van der Waals surface area contributed by atoms with Crippen LogP contribution in [-0.2, 0) is 9.59 Å². The number of nitrogens with two attached hydrogens (primary N) is 1. The highest BCUT2D eigenvalue weighted by Gasteiger charge is 2.45. The molecule has 6 aliphatic heterocycles. The second-order valence-corrected chi connectivity index (χ2v) is 16.9. The molecule has 2 aromatic carbocycles. The number of benzene rings is 2. The minimum absolute atomic E-state index is 0.0391. The van der Waals surface area contributed by atoms with Crippen LogP contribution in [0.2, 0.25) is 0 Å². The SMILES string of the molecule is CN1CCN(C2CCCN(c3nnc(C(N)=O)c(Nc4ccc(C5CCN(CC6CCN(c7ccc8c(c7)C(=O)N(C7CCC(=O)NC7=O)C8=O)C6)CC5)cc4)n3)C2)C1=O. The number of anilines is 4. The third-order valence-corrected chi connectivity index (χ3v) is 13.1. The van der Waals surface area contributed by atoms with Crippen LogP contribution in [0.4, 0.5) is 27.9 Å². The van der Waals surface area contributed by atoms with Gasteiger partial charge in [-0.15, -0.1) is 10.2 Å². The second-order valence-electron chi connectivity index (χ2n) is 16.9. The van der Waals surface area contributed by atoms with Gasteiger partial charge in [-0.05, 0) is 99.3 Å². The molecule has 7 heterocycles. The number of likely N-dealkylation sites (N-methyl/N-ethyl adjacent to an activating group) is 1. The van der Waals surface area contributed by atoms with E-state index < -0.39 is 35.6 Å². The van der Waals surface area contributed by atoms with Crippen molar-refractivity contribution in [3.63, 3.8) is 0 Å².